The molecule has 2 aliphatic rings. The Morgan fingerprint density at radius 1 is 1.03 bits per heavy atom. The quantitative estimate of drug-likeness (QED) is 0.578. The van der Waals surface area contributed by atoms with Gasteiger partial charge in [0.25, 0.3) is 0 Å². The van der Waals surface area contributed by atoms with Gasteiger partial charge in [-0.2, -0.15) is 5.10 Å². The summed E-state index contributed by atoms with van der Waals surface area (Å²) in [6, 6.07) is 18.6. The van der Waals surface area contributed by atoms with Crippen LogP contribution >= 0.6 is 0 Å². The maximum atomic E-state index is 13.4. The van der Waals surface area contributed by atoms with E-state index in [0.29, 0.717) is 12.3 Å². The molecule has 2 saturated heterocycles. The van der Waals surface area contributed by atoms with Crippen molar-refractivity contribution < 1.29 is 9.53 Å². The van der Waals surface area contributed by atoms with Gasteiger partial charge in [0, 0.05) is 50.2 Å². The third-order valence-electron chi connectivity index (χ3n) is 7.10. The molecule has 0 radical (unpaired) electrons. The van der Waals surface area contributed by atoms with Gasteiger partial charge in [0.2, 0.25) is 5.91 Å². The van der Waals surface area contributed by atoms with Gasteiger partial charge in [0.15, 0.2) is 0 Å². The Hall–Kier alpha value is -3.12. The highest BCUT2D eigenvalue weighted by molar-refractivity contribution is 5.80. The molecule has 3 heterocycles. The van der Waals surface area contributed by atoms with Gasteiger partial charge in [-0.3, -0.25) is 9.69 Å². The molecule has 0 spiro atoms. The highest BCUT2D eigenvalue weighted by Crippen LogP contribution is 2.32. The minimum Gasteiger partial charge on any atom is -0.496 e. The summed E-state index contributed by atoms with van der Waals surface area (Å²) in [5.74, 6) is 1.54. The maximum absolute atomic E-state index is 13.4. The number of amides is 1. The molecule has 0 N–H and O–H groups in total. The molecule has 2 fully saturated rings. The molecule has 2 atom stereocenters. The fraction of sp³-hybridized carbons (Fsp3) is 0.407. The molecular weight excluding hydrogens is 412 g/mol. The van der Waals surface area contributed by atoms with E-state index in [9.17, 15) is 4.79 Å². The average molecular weight is 445 g/mol. The van der Waals surface area contributed by atoms with Crippen LogP contribution < -0.4 is 4.74 Å². The van der Waals surface area contributed by atoms with Crippen molar-refractivity contribution in [2.45, 2.75) is 38.3 Å². The number of carbonyl (C=O) groups is 1. The van der Waals surface area contributed by atoms with Gasteiger partial charge in [0.1, 0.15) is 5.75 Å². The molecule has 0 saturated carbocycles. The number of ether oxygens (including phenoxy) is 1. The molecule has 1 amide bonds. The Bertz CT molecular complexity index is 1080. The number of fused-ring (bicyclic) bond motifs is 1. The molecule has 172 valence electrons. The zero-order chi connectivity index (χ0) is 22.6. The summed E-state index contributed by atoms with van der Waals surface area (Å²) in [5, 5.41) is 4.43. The molecule has 2 aliphatic heterocycles. The van der Waals surface area contributed by atoms with E-state index >= 15 is 0 Å². The minimum atomic E-state index is 0.218. The van der Waals surface area contributed by atoms with Gasteiger partial charge >= 0.3 is 0 Å². The van der Waals surface area contributed by atoms with Crippen LogP contribution in [0, 0.1) is 5.92 Å². The standard InChI is InChI=1S/C27H32N4O2/c1-33-26-13-5-3-9-21(26)17-27(32)30-15-7-6-11-23-19-29(20-25(23)30)18-22-10-2-4-12-24(22)31-16-8-14-28-31/h2-5,8-10,12-14,16,23,25H,6-7,11,15,17-20H2,1H3. The highest BCUT2D eigenvalue weighted by atomic mass is 16.5. The molecule has 2 aromatic carbocycles. The summed E-state index contributed by atoms with van der Waals surface area (Å²) in [5.41, 5.74) is 3.36. The van der Waals surface area contributed by atoms with Gasteiger partial charge < -0.3 is 9.64 Å². The van der Waals surface area contributed by atoms with Crippen LogP contribution in [0.25, 0.3) is 5.69 Å². The fourth-order valence-electron chi connectivity index (χ4n) is 5.51. The monoisotopic (exact) mass is 444 g/mol. The first kappa shape index (κ1) is 21.7. The van der Waals surface area contributed by atoms with Gasteiger partial charge in [-0.15, -0.1) is 0 Å². The first-order chi connectivity index (χ1) is 16.2. The van der Waals surface area contributed by atoms with E-state index in [-0.39, 0.29) is 11.9 Å². The van der Waals surface area contributed by atoms with E-state index in [4.69, 9.17) is 4.74 Å². The molecule has 1 aromatic heterocycles. The highest BCUT2D eigenvalue weighted by Gasteiger charge is 2.39. The van der Waals surface area contributed by atoms with Crippen molar-refractivity contribution in [2.24, 2.45) is 5.92 Å². The lowest BCUT2D eigenvalue weighted by molar-refractivity contribution is -0.133. The number of aromatic nitrogens is 2. The molecule has 0 aliphatic carbocycles. The lowest BCUT2D eigenvalue weighted by Crippen LogP contribution is -2.45. The third kappa shape index (κ3) is 4.67. The smallest absolute Gasteiger partial charge is 0.227 e. The lowest BCUT2D eigenvalue weighted by atomic mass is 9.98. The van der Waals surface area contributed by atoms with Crippen molar-refractivity contribution in [2.75, 3.05) is 26.7 Å². The van der Waals surface area contributed by atoms with E-state index in [1.54, 1.807) is 7.11 Å². The van der Waals surface area contributed by atoms with E-state index in [1.165, 1.54) is 18.4 Å². The first-order valence-electron chi connectivity index (χ1n) is 11.9. The van der Waals surface area contributed by atoms with Gasteiger partial charge in [0.05, 0.1) is 19.2 Å². The van der Waals surface area contributed by atoms with Crippen LogP contribution in [0.1, 0.15) is 30.4 Å². The number of hydrogen-bond acceptors (Lipinski definition) is 4. The molecule has 0 bridgehead atoms. The summed E-state index contributed by atoms with van der Waals surface area (Å²) < 4.78 is 7.42. The van der Waals surface area contributed by atoms with Crippen LogP contribution in [-0.2, 0) is 17.8 Å². The van der Waals surface area contributed by atoms with Crippen LogP contribution in [0.4, 0.5) is 0 Å². The van der Waals surface area contributed by atoms with Crippen LogP contribution in [0.2, 0.25) is 0 Å². The van der Waals surface area contributed by atoms with Crippen molar-refractivity contribution in [1.29, 1.82) is 0 Å². The SMILES string of the molecule is COc1ccccc1CC(=O)N1CCCCC2CN(Cc3ccccc3-n3cccn3)CC21. The molecule has 6 heteroatoms. The van der Waals surface area contributed by atoms with Crippen molar-refractivity contribution in [3.05, 3.63) is 78.1 Å². The first-order valence-corrected chi connectivity index (χ1v) is 11.9. The Morgan fingerprint density at radius 2 is 1.85 bits per heavy atom. The van der Waals surface area contributed by atoms with Crippen molar-refractivity contribution in [3.63, 3.8) is 0 Å². The number of rotatable bonds is 6. The topological polar surface area (TPSA) is 50.6 Å². The Morgan fingerprint density at radius 3 is 2.67 bits per heavy atom. The van der Waals surface area contributed by atoms with Crippen molar-refractivity contribution >= 4 is 5.91 Å². The summed E-state index contributed by atoms with van der Waals surface area (Å²) in [7, 11) is 1.67. The zero-order valence-corrected chi connectivity index (χ0v) is 19.3. The van der Waals surface area contributed by atoms with Gasteiger partial charge in [-0.1, -0.05) is 42.8 Å². The van der Waals surface area contributed by atoms with Crippen molar-refractivity contribution in [1.82, 2.24) is 19.6 Å². The lowest BCUT2D eigenvalue weighted by Gasteiger charge is -2.30. The number of para-hydroxylation sites is 2. The molecule has 33 heavy (non-hydrogen) atoms. The number of methoxy groups -OCH3 is 1. The minimum absolute atomic E-state index is 0.218. The molecular formula is C27H32N4O2. The van der Waals surface area contributed by atoms with E-state index in [1.807, 2.05) is 47.4 Å². The number of nitrogens with zero attached hydrogens (tertiary/aromatic N) is 4. The summed E-state index contributed by atoms with van der Waals surface area (Å²) in [6.07, 6.45) is 7.68. The third-order valence-corrected chi connectivity index (χ3v) is 7.10. The van der Waals surface area contributed by atoms with Crippen LogP contribution in [0.3, 0.4) is 0 Å². The Labute approximate surface area is 195 Å². The predicted molar refractivity (Wildman–Crippen MR) is 128 cm³/mol. The second-order valence-corrected chi connectivity index (χ2v) is 9.17. The van der Waals surface area contributed by atoms with Gasteiger partial charge in [-0.05, 0) is 42.5 Å². The zero-order valence-electron chi connectivity index (χ0n) is 19.3. The van der Waals surface area contributed by atoms with E-state index in [2.05, 4.69) is 39.2 Å². The molecule has 3 aromatic rings. The molecule has 5 rings (SSSR count). The van der Waals surface area contributed by atoms with Crippen LogP contribution in [0.15, 0.2) is 67.0 Å². The number of likely N-dealkylation sites (tertiary alicyclic amines) is 2. The molecule has 6 nitrogen and oxygen atoms in total. The van der Waals surface area contributed by atoms with E-state index in [0.717, 1.165) is 49.6 Å². The summed E-state index contributed by atoms with van der Waals surface area (Å²) in [4.78, 5) is 18.1. The molecule has 2 unspecified atom stereocenters. The Balaban J connectivity index is 1.32. The van der Waals surface area contributed by atoms with Crippen LogP contribution in [-0.4, -0.2) is 58.3 Å². The normalized spacial score (nSPS) is 20.9. The Kier molecular flexibility index (Phi) is 6.44. The summed E-state index contributed by atoms with van der Waals surface area (Å²) in [6.45, 7) is 3.69. The number of benzene rings is 2. The second kappa shape index (κ2) is 9.79. The fourth-order valence-corrected chi connectivity index (χ4v) is 5.51. The second-order valence-electron chi connectivity index (χ2n) is 9.17. The number of carbonyl (C=O) groups excluding carboxylic acids is 1. The number of hydrogen-bond donors (Lipinski definition) is 0. The predicted octanol–water partition coefficient (Wildman–Crippen LogP) is 3.94. The maximum Gasteiger partial charge on any atom is 0.227 e. The van der Waals surface area contributed by atoms with E-state index < -0.39 is 0 Å². The average Bonchev–Trinajstić information content (AvgIpc) is 3.46. The van der Waals surface area contributed by atoms with Gasteiger partial charge in [-0.25, -0.2) is 4.68 Å². The largest absolute Gasteiger partial charge is 0.496 e. The van der Waals surface area contributed by atoms with Crippen LogP contribution in [0.5, 0.6) is 5.75 Å². The van der Waals surface area contributed by atoms with Crippen molar-refractivity contribution in [3.8, 4) is 11.4 Å². The summed E-state index contributed by atoms with van der Waals surface area (Å²) >= 11 is 0.